The van der Waals surface area contributed by atoms with Crippen LogP contribution in [0.2, 0.25) is 0 Å². The van der Waals surface area contributed by atoms with Gasteiger partial charge in [-0.05, 0) is 70.6 Å². The largest absolute Gasteiger partial charge is 0.394 e. The number of carbonyl (C=O) groups is 1. The first kappa shape index (κ1) is 37.4. The zero-order valence-electron chi connectivity index (χ0n) is 25.6. The van der Waals surface area contributed by atoms with Gasteiger partial charge in [0.25, 0.3) is 0 Å². The topological polar surface area (TPSA) is 69.6 Å². The van der Waals surface area contributed by atoms with E-state index in [1.54, 1.807) is 6.08 Å². The average molecular weight is 546 g/mol. The SMILES string of the molecule is CCCCCC/C=C/CC/C=C/CC/C=C/C(O)C(CO)NC(=O)CCCCC/C=C\CCCCCCCC. The molecule has 0 heterocycles. The standard InChI is InChI=1S/C35H63NO3/c1-3-5-7-9-11-13-15-17-19-20-22-24-26-28-30-34(38)33(32-37)36-35(39)31-29-27-25-23-21-18-16-14-12-10-8-6-4-2/h13,15,18,20-22,28,30,33-34,37-38H,3-12,14,16-17,19,23-27,29,31-32H2,1-2H3,(H,36,39)/b15-13+,21-18-,22-20+,30-28+. The van der Waals surface area contributed by atoms with E-state index in [4.69, 9.17) is 0 Å². The number of rotatable bonds is 28. The van der Waals surface area contributed by atoms with Crippen LogP contribution in [-0.4, -0.2) is 34.9 Å². The van der Waals surface area contributed by atoms with E-state index in [1.165, 1.54) is 77.0 Å². The molecule has 0 spiro atoms. The van der Waals surface area contributed by atoms with Crippen LogP contribution in [0.1, 0.15) is 149 Å². The summed E-state index contributed by atoms with van der Waals surface area (Å²) in [5.74, 6) is -0.0990. The average Bonchev–Trinajstić information content (AvgIpc) is 2.94. The van der Waals surface area contributed by atoms with Crippen molar-refractivity contribution in [1.29, 1.82) is 0 Å². The highest BCUT2D eigenvalue weighted by Gasteiger charge is 2.17. The molecule has 2 atom stereocenters. The smallest absolute Gasteiger partial charge is 0.220 e. The molecule has 0 bridgehead atoms. The molecule has 226 valence electrons. The van der Waals surface area contributed by atoms with Gasteiger partial charge in [-0.2, -0.15) is 0 Å². The maximum atomic E-state index is 12.2. The van der Waals surface area contributed by atoms with Crippen molar-refractivity contribution in [1.82, 2.24) is 5.32 Å². The van der Waals surface area contributed by atoms with Crippen LogP contribution in [0.5, 0.6) is 0 Å². The molecule has 0 aliphatic rings. The van der Waals surface area contributed by atoms with Crippen LogP contribution < -0.4 is 5.32 Å². The molecule has 0 aliphatic carbocycles. The number of aliphatic hydroxyl groups excluding tert-OH is 2. The van der Waals surface area contributed by atoms with Crippen molar-refractivity contribution in [2.24, 2.45) is 0 Å². The van der Waals surface area contributed by atoms with Crippen LogP contribution in [0.4, 0.5) is 0 Å². The molecule has 3 N–H and O–H groups in total. The molecule has 0 aromatic rings. The maximum Gasteiger partial charge on any atom is 0.220 e. The minimum Gasteiger partial charge on any atom is -0.394 e. The van der Waals surface area contributed by atoms with Gasteiger partial charge >= 0.3 is 0 Å². The molecule has 4 nitrogen and oxygen atoms in total. The third kappa shape index (κ3) is 27.7. The maximum absolute atomic E-state index is 12.2. The molecule has 1 amide bonds. The number of unbranched alkanes of at least 4 members (excludes halogenated alkanes) is 15. The fourth-order valence-electron chi connectivity index (χ4n) is 4.44. The Kier molecular flexibility index (Phi) is 29.6. The van der Waals surface area contributed by atoms with Crippen LogP contribution in [0.15, 0.2) is 48.6 Å². The number of aliphatic hydroxyl groups is 2. The zero-order valence-corrected chi connectivity index (χ0v) is 25.6. The number of carbonyl (C=O) groups excluding carboxylic acids is 1. The summed E-state index contributed by atoms with van der Waals surface area (Å²) < 4.78 is 0. The molecule has 0 fully saturated rings. The summed E-state index contributed by atoms with van der Waals surface area (Å²) in [7, 11) is 0. The van der Waals surface area contributed by atoms with Crippen molar-refractivity contribution in [2.75, 3.05) is 6.61 Å². The summed E-state index contributed by atoms with van der Waals surface area (Å²) in [6, 6.07) is -0.650. The van der Waals surface area contributed by atoms with Crippen molar-refractivity contribution in [3.63, 3.8) is 0 Å². The first-order valence-electron chi connectivity index (χ1n) is 16.4. The lowest BCUT2D eigenvalue weighted by atomic mass is 10.1. The lowest BCUT2D eigenvalue weighted by molar-refractivity contribution is -0.123. The van der Waals surface area contributed by atoms with Gasteiger partial charge in [0.05, 0.1) is 18.8 Å². The molecule has 0 aromatic heterocycles. The molecular weight excluding hydrogens is 482 g/mol. The third-order valence-electron chi connectivity index (χ3n) is 7.01. The van der Waals surface area contributed by atoms with Crippen LogP contribution in [0.3, 0.4) is 0 Å². The highest BCUT2D eigenvalue weighted by molar-refractivity contribution is 5.76. The first-order valence-corrected chi connectivity index (χ1v) is 16.4. The van der Waals surface area contributed by atoms with Crippen LogP contribution in [-0.2, 0) is 4.79 Å². The summed E-state index contributed by atoms with van der Waals surface area (Å²) in [5, 5.41) is 22.7. The molecule has 0 rings (SSSR count). The lowest BCUT2D eigenvalue weighted by Gasteiger charge is -2.19. The van der Waals surface area contributed by atoms with Crippen molar-refractivity contribution in [2.45, 2.75) is 161 Å². The minimum absolute atomic E-state index is 0.0990. The Morgan fingerprint density at radius 1 is 0.590 bits per heavy atom. The van der Waals surface area contributed by atoms with E-state index in [1.807, 2.05) is 6.08 Å². The molecule has 0 aliphatic heterocycles. The van der Waals surface area contributed by atoms with Crippen molar-refractivity contribution in [3.05, 3.63) is 48.6 Å². The van der Waals surface area contributed by atoms with Crippen LogP contribution in [0, 0.1) is 0 Å². The Balaban J connectivity index is 3.80. The molecule has 0 aromatic carbocycles. The Labute approximate surface area is 242 Å². The van der Waals surface area contributed by atoms with E-state index in [9.17, 15) is 15.0 Å². The van der Waals surface area contributed by atoms with Gasteiger partial charge in [0.2, 0.25) is 5.91 Å². The second-order valence-corrected chi connectivity index (χ2v) is 10.8. The van der Waals surface area contributed by atoms with Gasteiger partial charge in [0.1, 0.15) is 0 Å². The predicted molar refractivity (Wildman–Crippen MR) is 170 cm³/mol. The van der Waals surface area contributed by atoms with Crippen LogP contribution in [0.25, 0.3) is 0 Å². The number of amides is 1. The molecule has 0 radical (unpaired) electrons. The fourth-order valence-corrected chi connectivity index (χ4v) is 4.44. The minimum atomic E-state index is -0.873. The second-order valence-electron chi connectivity index (χ2n) is 10.8. The van der Waals surface area contributed by atoms with E-state index in [-0.39, 0.29) is 12.5 Å². The highest BCUT2D eigenvalue weighted by atomic mass is 16.3. The Bertz CT molecular complexity index is 638. The number of hydrogen-bond donors (Lipinski definition) is 3. The summed E-state index contributed by atoms with van der Waals surface area (Å²) in [6.45, 7) is 4.22. The van der Waals surface area contributed by atoms with E-state index in [0.29, 0.717) is 6.42 Å². The Morgan fingerprint density at radius 2 is 1.00 bits per heavy atom. The summed E-state index contributed by atoms with van der Waals surface area (Å²) in [5.41, 5.74) is 0. The Morgan fingerprint density at radius 3 is 1.51 bits per heavy atom. The van der Waals surface area contributed by atoms with Crippen molar-refractivity contribution < 1.29 is 15.0 Å². The van der Waals surface area contributed by atoms with Crippen molar-refractivity contribution in [3.8, 4) is 0 Å². The van der Waals surface area contributed by atoms with Gasteiger partial charge in [-0.1, -0.05) is 120 Å². The highest BCUT2D eigenvalue weighted by Crippen LogP contribution is 2.09. The van der Waals surface area contributed by atoms with Crippen molar-refractivity contribution >= 4 is 5.91 Å². The van der Waals surface area contributed by atoms with E-state index in [0.717, 1.165) is 51.4 Å². The van der Waals surface area contributed by atoms with Gasteiger partial charge in [-0.25, -0.2) is 0 Å². The van der Waals surface area contributed by atoms with Gasteiger partial charge < -0.3 is 15.5 Å². The molecule has 0 saturated heterocycles. The van der Waals surface area contributed by atoms with Gasteiger partial charge in [-0.3, -0.25) is 4.79 Å². The lowest BCUT2D eigenvalue weighted by Crippen LogP contribution is -2.45. The summed E-state index contributed by atoms with van der Waals surface area (Å²) >= 11 is 0. The fraction of sp³-hybridized carbons (Fsp3) is 0.743. The molecule has 2 unspecified atom stereocenters. The predicted octanol–water partition coefficient (Wildman–Crippen LogP) is 9.28. The third-order valence-corrected chi connectivity index (χ3v) is 7.01. The van der Waals surface area contributed by atoms with E-state index in [2.05, 4.69) is 55.6 Å². The summed E-state index contributed by atoms with van der Waals surface area (Å²) in [6.07, 6.45) is 40.4. The molecular formula is C35H63NO3. The quantitative estimate of drug-likeness (QED) is 0.0677. The van der Waals surface area contributed by atoms with Crippen LogP contribution >= 0.6 is 0 Å². The monoisotopic (exact) mass is 545 g/mol. The first-order chi connectivity index (χ1) is 19.2. The summed E-state index contributed by atoms with van der Waals surface area (Å²) in [4.78, 5) is 12.2. The zero-order chi connectivity index (χ0) is 28.7. The number of nitrogens with one attached hydrogen (secondary N) is 1. The molecule has 39 heavy (non-hydrogen) atoms. The van der Waals surface area contributed by atoms with Gasteiger partial charge in [0.15, 0.2) is 0 Å². The van der Waals surface area contributed by atoms with Gasteiger partial charge in [-0.15, -0.1) is 0 Å². The van der Waals surface area contributed by atoms with Gasteiger partial charge in [0, 0.05) is 6.42 Å². The Hall–Kier alpha value is -1.65. The number of allylic oxidation sites excluding steroid dienone is 7. The normalized spacial score (nSPS) is 13.8. The van der Waals surface area contributed by atoms with E-state index >= 15 is 0 Å². The second kappa shape index (κ2) is 30.9. The number of hydrogen-bond acceptors (Lipinski definition) is 3. The molecule has 4 heteroatoms. The molecule has 0 saturated carbocycles. The van der Waals surface area contributed by atoms with E-state index < -0.39 is 12.1 Å².